The van der Waals surface area contributed by atoms with Gasteiger partial charge in [0.15, 0.2) is 0 Å². The van der Waals surface area contributed by atoms with Crippen LogP contribution < -0.4 is 0 Å². The molecule has 2 aromatic heterocycles. The minimum absolute atomic E-state index is 0.101. The van der Waals surface area contributed by atoms with Crippen molar-refractivity contribution in [2.24, 2.45) is 0 Å². The third kappa shape index (κ3) is 3.11. The molecule has 1 aliphatic carbocycles. The van der Waals surface area contributed by atoms with Gasteiger partial charge in [-0.05, 0) is 57.3 Å². The van der Waals surface area contributed by atoms with E-state index >= 15 is 0 Å². The molecule has 8 aromatic rings. The number of aromatic nitrogens is 3. The van der Waals surface area contributed by atoms with E-state index in [1.807, 2.05) is 6.07 Å². The summed E-state index contributed by atoms with van der Waals surface area (Å²) in [4.78, 5) is 10.4. The zero-order valence-electron chi connectivity index (χ0n) is 23.5. The average Bonchev–Trinajstić information content (AvgIpc) is 3.48. The number of hydrogen-bond donors (Lipinski definition) is 0. The van der Waals surface area contributed by atoms with Crippen molar-refractivity contribution in [2.45, 2.75) is 19.3 Å². The molecule has 0 unspecified atom stereocenters. The summed E-state index contributed by atoms with van der Waals surface area (Å²) >= 11 is 0. The van der Waals surface area contributed by atoms with E-state index in [4.69, 9.17) is 9.97 Å². The van der Waals surface area contributed by atoms with Crippen molar-refractivity contribution in [1.29, 1.82) is 0 Å². The second kappa shape index (κ2) is 8.37. The second-order valence-electron chi connectivity index (χ2n) is 11.9. The van der Waals surface area contributed by atoms with Crippen LogP contribution in [0, 0.1) is 0 Å². The Kier molecular flexibility index (Phi) is 4.67. The largest absolute Gasteiger partial charge is 0.278 e. The van der Waals surface area contributed by atoms with Crippen LogP contribution in [0.5, 0.6) is 0 Å². The van der Waals surface area contributed by atoms with E-state index in [1.165, 1.54) is 43.8 Å². The Hall–Kier alpha value is -5.28. The molecule has 0 fully saturated rings. The quantitative estimate of drug-likeness (QED) is 0.220. The van der Waals surface area contributed by atoms with Crippen molar-refractivity contribution in [3.63, 3.8) is 0 Å². The predicted molar refractivity (Wildman–Crippen MR) is 174 cm³/mol. The lowest BCUT2D eigenvalue weighted by Crippen LogP contribution is -2.15. The molecule has 0 radical (unpaired) electrons. The SMILES string of the molecule is CC1(C)c2ccccc2-c2ccc3cc4c5ccccc5n(-c5nc(-c6ccccc6)c6ccccc6n5)c4cc3c21. The summed E-state index contributed by atoms with van der Waals surface area (Å²) in [6, 6.07) is 45.6. The van der Waals surface area contributed by atoms with Gasteiger partial charge in [0.1, 0.15) is 0 Å². The molecular weight excluding hydrogens is 510 g/mol. The van der Waals surface area contributed by atoms with Crippen molar-refractivity contribution < 1.29 is 0 Å². The van der Waals surface area contributed by atoms with Gasteiger partial charge in [0.05, 0.1) is 22.2 Å². The summed E-state index contributed by atoms with van der Waals surface area (Å²) in [5, 5.41) is 6.01. The van der Waals surface area contributed by atoms with Crippen LogP contribution in [0.4, 0.5) is 0 Å². The fraction of sp³-hybridized carbons (Fsp3) is 0.0769. The molecule has 3 heteroatoms. The van der Waals surface area contributed by atoms with Crippen LogP contribution in [0.15, 0.2) is 127 Å². The lowest BCUT2D eigenvalue weighted by Gasteiger charge is -2.23. The molecule has 0 saturated heterocycles. The zero-order chi connectivity index (χ0) is 28.0. The van der Waals surface area contributed by atoms with Crippen molar-refractivity contribution >= 4 is 43.5 Å². The molecule has 42 heavy (non-hydrogen) atoms. The van der Waals surface area contributed by atoms with E-state index in [2.05, 4.69) is 140 Å². The lowest BCUT2D eigenvalue weighted by molar-refractivity contribution is 0.666. The minimum Gasteiger partial charge on any atom is -0.278 e. The first kappa shape index (κ1) is 23.4. The number of nitrogens with zero attached hydrogens (tertiary/aromatic N) is 3. The van der Waals surface area contributed by atoms with Gasteiger partial charge in [-0.15, -0.1) is 0 Å². The molecule has 0 bridgehead atoms. The first-order chi connectivity index (χ1) is 20.6. The molecule has 0 spiro atoms. The van der Waals surface area contributed by atoms with Gasteiger partial charge in [-0.1, -0.05) is 117 Å². The molecule has 2 heterocycles. The van der Waals surface area contributed by atoms with Crippen LogP contribution in [0.3, 0.4) is 0 Å². The summed E-state index contributed by atoms with van der Waals surface area (Å²) in [7, 11) is 0. The highest BCUT2D eigenvalue weighted by Crippen LogP contribution is 2.52. The number of fused-ring (bicyclic) bond motifs is 9. The van der Waals surface area contributed by atoms with Gasteiger partial charge < -0.3 is 0 Å². The van der Waals surface area contributed by atoms with Crippen LogP contribution in [-0.2, 0) is 5.41 Å². The molecule has 0 aliphatic heterocycles. The molecular formula is C39H27N3. The Labute approximate surface area is 243 Å². The van der Waals surface area contributed by atoms with Crippen LogP contribution in [0.1, 0.15) is 25.0 Å². The highest BCUT2D eigenvalue weighted by molar-refractivity contribution is 6.15. The van der Waals surface area contributed by atoms with Gasteiger partial charge in [0.25, 0.3) is 0 Å². The van der Waals surface area contributed by atoms with Gasteiger partial charge >= 0.3 is 0 Å². The molecule has 0 saturated carbocycles. The van der Waals surface area contributed by atoms with Crippen LogP contribution in [0.2, 0.25) is 0 Å². The molecule has 198 valence electrons. The maximum absolute atomic E-state index is 5.28. The van der Waals surface area contributed by atoms with Crippen molar-refractivity contribution in [2.75, 3.05) is 0 Å². The third-order valence-electron chi connectivity index (χ3n) is 9.17. The van der Waals surface area contributed by atoms with Gasteiger partial charge in [0.2, 0.25) is 5.95 Å². The first-order valence-electron chi connectivity index (χ1n) is 14.5. The predicted octanol–water partition coefficient (Wildman–Crippen LogP) is 9.85. The normalized spacial score (nSPS) is 13.7. The second-order valence-corrected chi connectivity index (χ2v) is 11.9. The first-order valence-corrected chi connectivity index (χ1v) is 14.5. The van der Waals surface area contributed by atoms with Gasteiger partial charge in [-0.3, -0.25) is 4.57 Å². The molecule has 6 aromatic carbocycles. The maximum Gasteiger partial charge on any atom is 0.235 e. The Balaban J connectivity index is 1.41. The van der Waals surface area contributed by atoms with Crippen molar-refractivity contribution in [1.82, 2.24) is 14.5 Å². The highest BCUT2D eigenvalue weighted by atomic mass is 15.2. The summed E-state index contributed by atoms with van der Waals surface area (Å²) in [5.41, 5.74) is 10.5. The number of para-hydroxylation sites is 2. The van der Waals surface area contributed by atoms with Crippen LogP contribution >= 0.6 is 0 Å². The number of rotatable bonds is 2. The zero-order valence-corrected chi connectivity index (χ0v) is 23.5. The van der Waals surface area contributed by atoms with E-state index < -0.39 is 0 Å². The summed E-state index contributed by atoms with van der Waals surface area (Å²) in [6.45, 7) is 4.71. The molecule has 0 N–H and O–H groups in total. The smallest absolute Gasteiger partial charge is 0.235 e. The van der Waals surface area contributed by atoms with E-state index in [9.17, 15) is 0 Å². The Morgan fingerprint density at radius 3 is 2.17 bits per heavy atom. The summed E-state index contributed by atoms with van der Waals surface area (Å²) in [5.74, 6) is 0.688. The van der Waals surface area contributed by atoms with Crippen molar-refractivity contribution in [3.05, 3.63) is 139 Å². The van der Waals surface area contributed by atoms with E-state index in [1.54, 1.807) is 0 Å². The maximum atomic E-state index is 5.28. The summed E-state index contributed by atoms with van der Waals surface area (Å²) < 4.78 is 2.26. The fourth-order valence-corrected chi connectivity index (χ4v) is 7.28. The topological polar surface area (TPSA) is 30.7 Å². The molecule has 0 amide bonds. The van der Waals surface area contributed by atoms with E-state index in [-0.39, 0.29) is 5.41 Å². The fourth-order valence-electron chi connectivity index (χ4n) is 7.28. The van der Waals surface area contributed by atoms with Gasteiger partial charge in [-0.2, -0.15) is 0 Å². The lowest BCUT2D eigenvalue weighted by atomic mass is 9.80. The van der Waals surface area contributed by atoms with Crippen LogP contribution in [0.25, 0.3) is 71.8 Å². The molecule has 3 nitrogen and oxygen atoms in total. The average molecular weight is 538 g/mol. The Morgan fingerprint density at radius 1 is 0.548 bits per heavy atom. The van der Waals surface area contributed by atoms with Gasteiger partial charge in [-0.25, -0.2) is 9.97 Å². The Morgan fingerprint density at radius 2 is 1.29 bits per heavy atom. The summed E-state index contributed by atoms with van der Waals surface area (Å²) in [6.07, 6.45) is 0. The van der Waals surface area contributed by atoms with Gasteiger partial charge in [0, 0.05) is 27.1 Å². The Bertz CT molecular complexity index is 2380. The standard InChI is InChI=1S/C39H27N3/c1-39(2)32-17-9-6-14-26(32)28-21-20-25-22-31-27-15-8-11-19-34(27)42(35(31)23-30(25)36(28)39)38-40-33-18-10-7-16-29(33)37(41-38)24-12-4-3-5-13-24/h3-23H,1-2H3. The third-order valence-corrected chi connectivity index (χ3v) is 9.17. The monoisotopic (exact) mass is 537 g/mol. The van der Waals surface area contributed by atoms with E-state index in [0.29, 0.717) is 5.95 Å². The molecule has 9 rings (SSSR count). The molecule has 1 aliphatic rings. The number of benzene rings is 6. The number of hydrogen-bond acceptors (Lipinski definition) is 2. The van der Waals surface area contributed by atoms with Crippen molar-refractivity contribution in [3.8, 4) is 28.3 Å². The highest BCUT2D eigenvalue weighted by Gasteiger charge is 2.36. The molecule has 0 atom stereocenters. The van der Waals surface area contributed by atoms with E-state index in [0.717, 1.165) is 33.2 Å². The minimum atomic E-state index is -0.101. The van der Waals surface area contributed by atoms with Crippen LogP contribution in [-0.4, -0.2) is 14.5 Å².